The Bertz CT molecular complexity index is 958. The largest absolute Gasteiger partial charge is 0.741 e. The van der Waals surface area contributed by atoms with Crippen LogP contribution in [0, 0.1) is 7.43 Å². The molecule has 0 aliphatic rings. The van der Waals surface area contributed by atoms with Crippen molar-refractivity contribution in [3.63, 3.8) is 0 Å². The Morgan fingerprint density at radius 3 is 1.53 bits per heavy atom. The molecule has 0 fully saturated rings. The first-order valence-corrected chi connectivity index (χ1v) is 10.7. The fourth-order valence-electron chi connectivity index (χ4n) is 2.01. The van der Waals surface area contributed by atoms with Crippen LogP contribution in [0.15, 0.2) is 60.7 Å². The summed E-state index contributed by atoms with van der Waals surface area (Å²) in [5, 5.41) is 0. The Kier molecular flexibility index (Phi) is 12.9. The Morgan fingerprint density at radius 2 is 1.23 bits per heavy atom. The fourth-order valence-corrected chi connectivity index (χ4v) is 2.67. The number of hydrogen-bond donors (Lipinski definition) is 0. The monoisotopic (exact) mass is 645 g/mol. The summed E-state index contributed by atoms with van der Waals surface area (Å²) in [5.74, 6) is 0. The smallest absolute Gasteiger partial charge is 0.485 e. The average molecular weight is 645 g/mol. The van der Waals surface area contributed by atoms with Gasteiger partial charge in [0.15, 0.2) is 10.1 Å². The van der Waals surface area contributed by atoms with E-state index in [1.807, 2.05) is 48.5 Å². The summed E-state index contributed by atoms with van der Waals surface area (Å²) >= 11 is 0. The van der Waals surface area contributed by atoms with Gasteiger partial charge >= 0.3 is 5.51 Å². The molecule has 13 heteroatoms. The average Bonchev–Trinajstić information content (AvgIpc) is 2.59. The third-order valence-electron chi connectivity index (χ3n) is 3.20. The zero-order valence-corrected chi connectivity index (χ0v) is 19.7. The molecule has 2 rings (SSSR count). The summed E-state index contributed by atoms with van der Waals surface area (Å²) in [4.78, 5) is 0. The van der Waals surface area contributed by atoms with Gasteiger partial charge in [-0.15, -0.1) is 12.1 Å². The van der Waals surface area contributed by atoms with Crippen molar-refractivity contribution >= 4 is 20.1 Å². The minimum Gasteiger partial charge on any atom is -0.741 e. The third kappa shape index (κ3) is 10.6. The number of benzene rings is 2. The first kappa shape index (κ1) is 30.8. The van der Waals surface area contributed by atoms with E-state index in [-0.39, 0.29) is 27.5 Å². The molecule has 173 valence electrons. The van der Waals surface area contributed by atoms with Gasteiger partial charge < -0.3 is 22.4 Å². The van der Waals surface area contributed by atoms with Gasteiger partial charge in [0, 0.05) is 26.4 Å². The summed E-state index contributed by atoms with van der Waals surface area (Å²) in [5.41, 5.74) is 4.15. The van der Waals surface area contributed by atoms with E-state index >= 15 is 0 Å². The molecule has 1 radical (unpaired) electrons. The van der Waals surface area contributed by atoms with Crippen LogP contribution in [0.1, 0.15) is 23.2 Å². The van der Waals surface area contributed by atoms with Crippen LogP contribution in [-0.2, 0) is 40.2 Å². The Balaban J connectivity index is 0. The molecule has 0 aromatic heterocycles. The van der Waals surface area contributed by atoms with Gasteiger partial charge in [-0.3, -0.25) is 0 Å². The topological polar surface area (TPSA) is 129 Å². The van der Waals surface area contributed by atoms with Crippen molar-refractivity contribution in [2.24, 2.45) is 0 Å². The SMILES string of the molecule is CS(=O)(=O)[N-][C@@H](c1ccccc1)[C@@H]([NH-])c1ccccc1.O=S(=O)([O-])C(F)(F)F.[CH3-].[Ir]. The number of halogens is 3. The van der Waals surface area contributed by atoms with Crippen LogP contribution in [0.25, 0.3) is 10.5 Å². The second-order valence-corrected chi connectivity index (χ2v) is 8.53. The van der Waals surface area contributed by atoms with E-state index in [0.717, 1.165) is 17.4 Å². The van der Waals surface area contributed by atoms with Crippen LogP contribution in [0.2, 0.25) is 0 Å². The summed E-state index contributed by atoms with van der Waals surface area (Å²) in [6.45, 7) is 0. The summed E-state index contributed by atoms with van der Waals surface area (Å²) < 4.78 is 85.7. The number of nitrogens with zero attached hydrogens (tertiary/aromatic N) is 1. The maximum Gasteiger partial charge on any atom is 0.485 e. The molecular formula is C17H19F3IrN2O5S2-4. The molecular weight excluding hydrogens is 626 g/mol. The van der Waals surface area contributed by atoms with Crippen molar-refractivity contribution in [2.45, 2.75) is 17.6 Å². The number of rotatable bonds is 5. The molecule has 0 saturated carbocycles. The molecule has 0 spiro atoms. The van der Waals surface area contributed by atoms with Crippen molar-refractivity contribution in [2.75, 3.05) is 6.26 Å². The summed E-state index contributed by atoms with van der Waals surface area (Å²) in [6, 6.07) is 16.7. The maximum absolute atomic E-state index is 11.5. The van der Waals surface area contributed by atoms with Crippen molar-refractivity contribution in [3.05, 3.63) is 89.7 Å². The predicted molar refractivity (Wildman–Crippen MR) is 103 cm³/mol. The number of hydrogen-bond acceptors (Lipinski definition) is 5. The minimum atomic E-state index is -6.09. The van der Waals surface area contributed by atoms with Gasteiger partial charge in [-0.05, 0) is 0 Å². The van der Waals surface area contributed by atoms with E-state index in [4.69, 9.17) is 18.7 Å². The standard InChI is InChI=1S/C15H16N2O2S.CHF3O3S.CH3.Ir/c1-20(18,19)17-15(13-10-6-3-7-11-13)14(16)12-8-4-2-5-9-12;2-1(3,4)8(5,6)7;;/h2-11,14-16H,1H3;(H,5,6,7);1H3;/q-2;;-1;/p-1/t14-,15-;;;/m0.../s1. The van der Waals surface area contributed by atoms with Crippen LogP contribution < -0.4 is 0 Å². The zero-order valence-electron chi connectivity index (χ0n) is 15.7. The fraction of sp³-hybridized carbons (Fsp3) is 0.235. The van der Waals surface area contributed by atoms with E-state index in [1.54, 1.807) is 12.1 Å². The molecule has 0 aliphatic heterocycles. The molecule has 0 saturated heterocycles. The van der Waals surface area contributed by atoms with E-state index in [9.17, 15) is 21.6 Å². The van der Waals surface area contributed by atoms with Crippen molar-refractivity contribution in [1.29, 1.82) is 0 Å². The number of alkyl halides is 3. The van der Waals surface area contributed by atoms with Gasteiger partial charge in [0.2, 0.25) is 0 Å². The normalized spacial score (nSPS) is 13.5. The van der Waals surface area contributed by atoms with Gasteiger partial charge in [0.1, 0.15) is 0 Å². The molecule has 2 aromatic rings. The van der Waals surface area contributed by atoms with Gasteiger partial charge in [0.25, 0.3) is 0 Å². The molecule has 0 aliphatic carbocycles. The molecule has 1 N–H and O–H groups in total. The second-order valence-electron chi connectivity index (χ2n) is 5.48. The zero-order chi connectivity index (χ0) is 21.6. The van der Waals surface area contributed by atoms with Gasteiger partial charge in [-0.25, -0.2) is 16.8 Å². The minimum absolute atomic E-state index is 0. The van der Waals surface area contributed by atoms with Crippen LogP contribution in [-0.4, -0.2) is 33.2 Å². The Labute approximate surface area is 188 Å². The molecule has 30 heavy (non-hydrogen) atoms. The van der Waals surface area contributed by atoms with Crippen LogP contribution in [0.5, 0.6) is 0 Å². The van der Waals surface area contributed by atoms with Crippen molar-refractivity contribution < 1.29 is 54.7 Å². The molecule has 0 unspecified atom stereocenters. The first-order valence-electron chi connectivity index (χ1n) is 7.47. The molecule has 7 nitrogen and oxygen atoms in total. The van der Waals surface area contributed by atoms with Crippen molar-refractivity contribution in [3.8, 4) is 0 Å². The van der Waals surface area contributed by atoms with E-state index in [0.29, 0.717) is 0 Å². The quantitative estimate of drug-likeness (QED) is 0.272. The van der Waals surface area contributed by atoms with E-state index in [2.05, 4.69) is 4.72 Å². The van der Waals surface area contributed by atoms with E-state index < -0.39 is 37.7 Å². The van der Waals surface area contributed by atoms with Crippen molar-refractivity contribution in [1.82, 2.24) is 0 Å². The van der Waals surface area contributed by atoms with Gasteiger partial charge in [0.05, 0.1) is 10.0 Å². The molecule has 2 atom stereocenters. The summed E-state index contributed by atoms with van der Waals surface area (Å²) in [7, 11) is -9.61. The second kappa shape index (κ2) is 12.5. The Morgan fingerprint density at radius 1 is 0.900 bits per heavy atom. The number of nitrogens with one attached hydrogen (secondary N) is 1. The van der Waals surface area contributed by atoms with Gasteiger partial charge in [-0.1, -0.05) is 71.8 Å². The number of sulfonamides is 1. The van der Waals surface area contributed by atoms with E-state index in [1.165, 1.54) is 0 Å². The van der Waals surface area contributed by atoms with Crippen LogP contribution in [0.4, 0.5) is 13.2 Å². The Hall–Kier alpha value is -1.34. The predicted octanol–water partition coefficient (Wildman–Crippen LogP) is 4.35. The molecule has 0 heterocycles. The molecule has 0 bridgehead atoms. The third-order valence-corrected chi connectivity index (χ3v) is 4.38. The van der Waals surface area contributed by atoms with Gasteiger partial charge in [-0.2, -0.15) is 13.2 Å². The first-order chi connectivity index (χ1) is 12.7. The maximum atomic E-state index is 11.5. The van der Waals surface area contributed by atoms with Crippen LogP contribution >= 0.6 is 0 Å². The van der Waals surface area contributed by atoms with Crippen LogP contribution in [0.3, 0.4) is 0 Å². The summed E-state index contributed by atoms with van der Waals surface area (Å²) in [6.07, 6.45) is 1.06. The molecule has 2 aromatic carbocycles. The molecule has 0 amide bonds.